The third-order valence-electron chi connectivity index (χ3n) is 4.23. The molecule has 2 aromatic heterocycles. The summed E-state index contributed by atoms with van der Waals surface area (Å²) in [5.41, 5.74) is 1.90. The molecule has 0 spiro atoms. The number of oxime groups is 1. The minimum atomic E-state index is -1.01. The van der Waals surface area contributed by atoms with Gasteiger partial charge in [-0.25, -0.2) is 14.5 Å². The molecule has 11 heteroatoms. The molecule has 158 valence electrons. The van der Waals surface area contributed by atoms with Crippen molar-refractivity contribution in [3.05, 3.63) is 52.8 Å². The van der Waals surface area contributed by atoms with Gasteiger partial charge in [-0.1, -0.05) is 55.3 Å². The molecule has 1 aromatic carbocycles. The Balaban J connectivity index is 1.71. The molecule has 0 atom stereocenters. The second-order valence-corrected chi connectivity index (χ2v) is 7.30. The molecule has 0 unspecified atom stereocenters. The van der Waals surface area contributed by atoms with Crippen LogP contribution in [0.4, 0.5) is 9.93 Å². The van der Waals surface area contributed by atoms with Crippen LogP contribution >= 0.6 is 11.3 Å². The topological polar surface area (TPSA) is 119 Å². The third kappa shape index (κ3) is 5.38. The quantitative estimate of drug-likeness (QED) is 0.298. The summed E-state index contributed by atoms with van der Waals surface area (Å²) in [6, 6.07) is 9.46. The van der Waals surface area contributed by atoms with E-state index >= 15 is 0 Å². The Morgan fingerprint density at radius 1 is 1.30 bits per heavy atom. The van der Waals surface area contributed by atoms with Gasteiger partial charge in [0.2, 0.25) is 5.82 Å². The highest BCUT2D eigenvalue weighted by molar-refractivity contribution is 7.14. The highest BCUT2D eigenvalue weighted by atomic mass is 32.1. The molecule has 0 fully saturated rings. The fourth-order valence-electron chi connectivity index (χ4n) is 2.69. The lowest BCUT2D eigenvalue weighted by Gasteiger charge is -2.15. The summed E-state index contributed by atoms with van der Waals surface area (Å²) in [5, 5.41) is 27.4. The van der Waals surface area contributed by atoms with E-state index in [-0.39, 0.29) is 6.61 Å². The zero-order chi connectivity index (χ0) is 21.3. The molecular formula is C19H23N7O3S. The molecule has 0 radical (unpaired) electrons. The molecule has 0 aliphatic heterocycles. The second kappa shape index (κ2) is 10.4. The van der Waals surface area contributed by atoms with E-state index in [4.69, 9.17) is 4.84 Å². The Bertz CT molecular complexity index is 987. The summed E-state index contributed by atoms with van der Waals surface area (Å²) in [5.74, 6) is 0.466. The monoisotopic (exact) mass is 429 g/mol. The van der Waals surface area contributed by atoms with Crippen molar-refractivity contribution >= 4 is 28.3 Å². The van der Waals surface area contributed by atoms with Crippen molar-refractivity contribution in [2.24, 2.45) is 12.2 Å². The average molecular weight is 430 g/mol. The highest BCUT2D eigenvalue weighted by Crippen LogP contribution is 2.22. The number of hydrogen-bond acceptors (Lipinski definition) is 8. The van der Waals surface area contributed by atoms with Crippen LogP contribution in [0.2, 0.25) is 0 Å². The summed E-state index contributed by atoms with van der Waals surface area (Å²) in [6.45, 7) is 2.60. The van der Waals surface area contributed by atoms with Crippen molar-refractivity contribution in [1.82, 2.24) is 25.2 Å². The summed E-state index contributed by atoms with van der Waals surface area (Å²) < 4.78 is 1.51. The molecular weight excluding hydrogens is 406 g/mol. The van der Waals surface area contributed by atoms with Crippen LogP contribution in [0, 0.1) is 0 Å². The van der Waals surface area contributed by atoms with Gasteiger partial charge in [-0.15, -0.1) is 16.4 Å². The van der Waals surface area contributed by atoms with Crippen LogP contribution in [-0.2, 0) is 18.5 Å². The highest BCUT2D eigenvalue weighted by Gasteiger charge is 2.18. The van der Waals surface area contributed by atoms with Crippen LogP contribution in [0.1, 0.15) is 43.3 Å². The Morgan fingerprint density at radius 2 is 2.10 bits per heavy atom. The maximum absolute atomic E-state index is 11.5. The summed E-state index contributed by atoms with van der Waals surface area (Å²) in [4.78, 5) is 22.7. The summed E-state index contributed by atoms with van der Waals surface area (Å²) in [7, 11) is 1.72. The molecule has 1 N–H and O–H groups in total. The SMILES string of the molecule is CCCCCN(C(=O)O)c1nc(CO/N=C(/c2ccccc2)c2nnnn2C)cs1. The minimum absolute atomic E-state index is 0.0978. The fourth-order valence-corrected chi connectivity index (χ4v) is 3.52. The predicted octanol–water partition coefficient (Wildman–Crippen LogP) is 3.31. The van der Waals surface area contributed by atoms with Crippen molar-refractivity contribution in [3.8, 4) is 0 Å². The number of nitrogens with zero attached hydrogens (tertiary/aromatic N) is 7. The van der Waals surface area contributed by atoms with Gasteiger partial charge in [-0.3, -0.25) is 4.90 Å². The number of amides is 1. The lowest BCUT2D eigenvalue weighted by Crippen LogP contribution is -2.30. The van der Waals surface area contributed by atoms with Gasteiger partial charge in [0.1, 0.15) is 0 Å². The number of carbonyl (C=O) groups is 1. The van der Waals surface area contributed by atoms with E-state index in [2.05, 4.69) is 32.6 Å². The number of rotatable bonds is 10. The number of benzene rings is 1. The molecule has 0 saturated carbocycles. The van der Waals surface area contributed by atoms with Gasteiger partial charge in [0.05, 0.1) is 5.69 Å². The first-order chi connectivity index (χ1) is 14.6. The number of hydrogen-bond donors (Lipinski definition) is 1. The maximum Gasteiger partial charge on any atom is 0.413 e. The van der Waals surface area contributed by atoms with Gasteiger partial charge in [0.25, 0.3) is 0 Å². The second-order valence-electron chi connectivity index (χ2n) is 6.47. The lowest BCUT2D eigenvalue weighted by molar-refractivity contribution is 0.128. The number of unbranched alkanes of at least 4 members (excludes halogenated alkanes) is 2. The van der Waals surface area contributed by atoms with E-state index in [0.717, 1.165) is 24.8 Å². The van der Waals surface area contributed by atoms with Gasteiger partial charge < -0.3 is 9.94 Å². The minimum Gasteiger partial charge on any atom is -0.465 e. The van der Waals surface area contributed by atoms with Gasteiger partial charge in [-0.2, -0.15) is 0 Å². The molecule has 0 aliphatic carbocycles. The van der Waals surface area contributed by atoms with E-state index < -0.39 is 6.09 Å². The molecule has 0 saturated heterocycles. The molecule has 10 nitrogen and oxygen atoms in total. The van der Waals surface area contributed by atoms with Crippen LogP contribution in [0.5, 0.6) is 0 Å². The summed E-state index contributed by atoms with van der Waals surface area (Å²) >= 11 is 1.27. The first-order valence-electron chi connectivity index (χ1n) is 9.53. The first kappa shape index (κ1) is 21.4. The van der Waals surface area contributed by atoms with Crippen molar-refractivity contribution in [2.45, 2.75) is 32.8 Å². The van der Waals surface area contributed by atoms with E-state index in [1.165, 1.54) is 20.9 Å². The van der Waals surface area contributed by atoms with Crippen LogP contribution in [-0.4, -0.2) is 48.6 Å². The Morgan fingerprint density at radius 3 is 2.77 bits per heavy atom. The molecule has 0 aliphatic rings. The molecule has 3 rings (SSSR count). The van der Waals surface area contributed by atoms with Crippen molar-refractivity contribution in [2.75, 3.05) is 11.4 Å². The Hall–Kier alpha value is -3.34. The number of aryl methyl sites for hydroxylation is 1. The van der Waals surface area contributed by atoms with E-state index in [9.17, 15) is 9.90 Å². The summed E-state index contributed by atoms with van der Waals surface area (Å²) in [6.07, 6.45) is 1.78. The van der Waals surface area contributed by atoms with Crippen LogP contribution in [0.25, 0.3) is 0 Å². The van der Waals surface area contributed by atoms with Crippen molar-refractivity contribution in [1.29, 1.82) is 0 Å². The number of aromatic nitrogens is 5. The van der Waals surface area contributed by atoms with Crippen molar-refractivity contribution in [3.63, 3.8) is 0 Å². The van der Waals surface area contributed by atoms with E-state index in [0.29, 0.717) is 28.9 Å². The number of carboxylic acid groups (broad SMARTS) is 1. The molecule has 0 bridgehead atoms. The molecule has 30 heavy (non-hydrogen) atoms. The van der Waals surface area contributed by atoms with Gasteiger partial charge in [0.15, 0.2) is 17.5 Å². The average Bonchev–Trinajstić information content (AvgIpc) is 3.38. The van der Waals surface area contributed by atoms with E-state index in [1.54, 1.807) is 12.4 Å². The zero-order valence-corrected chi connectivity index (χ0v) is 17.6. The normalized spacial score (nSPS) is 11.5. The number of anilines is 1. The molecule has 1 amide bonds. The standard InChI is InChI=1S/C19H23N7O3S/c1-3-4-8-11-26(19(27)28)18-20-15(13-30-18)12-29-22-16(14-9-6-5-7-10-14)17-21-23-24-25(17)2/h5-7,9-10,13H,3-4,8,11-12H2,1-2H3,(H,27,28)/b22-16-. The third-order valence-corrected chi connectivity index (χ3v) is 5.15. The molecule has 3 aromatic rings. The van der Waals surface area contributed by atoms with Gasteiger partial charge in [0, 0.05) is 24.5 Å². The fraction of sp³-hybridized carbons (Fsp3) is 0.368. The smallest absolute Gasteiger partial charge is 0.413 e. The molecule has 2 heterocycles. The van der Waals surface area contributed by atoms with Gasteiger partial charge in [-0.05, 0) is 16.8 Å². The van der Waals surface area contributed by atoms with Crippen LogP contribution in [0.3, 0.4) is 0 Å². The largest absolute Gasteiger partial charge is 0.465 e. The Labute approximate surface area is 177 Å². The number of thiazole rings is 1. The van der Waals surface area contributed by atoms with E-state index in [1.807, 2.05) is 30.3 Å². The van der Waals surface area contributed by atoms with Crippen molar-refractivity contribution < 1.29 is 14.7 Å². The van der Waals surface area contributed by atoms with Gasteiger partial charge >= 0.3 is 6.09 Å². The number of tetrazole rings is 1. The first-order valence-corrected chi connectivity index (χ1v) is 10.4. The zero-order valence-electron chi connectivity index (χ0n) is 16.8. The predicted molar refractivity (Wildman–Crippen MR) is 113 cm³/mol. The van der Waals surface area contributed by atoms with Crippen LogP contribution in [0.15, 0.2) is 40.9 Å². The maximum atomic E-state index is 11.5. The van der Waals surface area contributed by atoms with Crippen LogP contribution < -0.4 is 4.90 Å². The lowest BCUT2D eigenvalue weighted by atomic mass is 10.1. The Kier molecular flexibility index (Phi) is 7.44.